The monoisotopic (exact) mass is 330 g/mol. The maximum Gasteiger partial charge on any atom is 0.239 e. The van der Waals surface area contributed by atoms with Gasteiger partial charge in [-0.2, -0.15) is 0 Å². The van der Waals surface area contributed by atoms with Crippen LogP contribution in [0.3, 0.4) is 0 Å². The SMILES string of the molecule is Cc1cc(C)cc(N2CCC(C(=O)NC(CCO)C3CC3)C2=O)c1. The van der Waals surface area contributed by atoms with Gasteiger partial charge in [-0.1, -0.05) is 6.07 Å². The van der Waals surface area contributed by atoms with Crippen molar-refractivity contribution in [2.24, 2.45) is 11.8 Å². The van der Waals surface area contributed by atoms with Gasteiger partial charge in [0, 0.05) is 24.9 Å². The Hall–Kier alpha value is -1.88. The first kappa shape index (κ1) is 17.0. The second-order valence-electron chi connectivity index (χ2n) is 7.14. The summed E-state index contributed by atoms with van der Waals surface area (Å²) < 4.78 is 0. The zero-order valence-electron chi connectivity index (χ0n) is 14.4. The van der Waals surface area contributed by atoms with Crippen molar-refractivity contribution < 1.29 is 14.7 Å². The molecule has 2 N–H and O–H groups in total. The Bertz CT molecular complexity index is 619. The number of aryl methyl sites for hydroxylation is 2. The van der Waals surface area contributed by atoms with Crippen molar-refractivity contribution in [3.05, 3.63) is 29.3 Å². The van der Waals surface area contributed by atoms with E-state index in [0.717, 1.165) is 29.7 Å². The molecule has 2 unspecified atom stereocenters. The zero-order chi connectivity index (χ0) is 17.3. The van der Waals surface area contributed by atoms with Crippen molar-refractivity contribution in [1.82, 2.24) is 5.32 Å². The number of amides is 2. The van der Waals surface area contributed by atoms with E-state index in [0.29, 0.717) is 25.3 Å². The molecule has 1 aliphatic carbocycles. The minimum Gasteiger partial charge on any atom is -0.396 e. The summed E-state index contributed by atoms with van der Waals surface area (Å²) in [5.41, 5.74) is 3.10. The Morgan fingerprint density at radius 1 is 1.25 bits per heavy atom. The van der Waals surface area contributed by atoms with Crippen molar-refractivity contribution in [2.75, 3.05) is 18.1 Å². The van der Waals surface area contributed by atoms with Crippen LogP contribution in [0, 0.1) is 25.7 Å². The Morgan fingerprint density at radius 3 is 2.50 bits per heavy atom. The molecule has 1 aromatic carbocycles. The first-order chi connectivity index (χ1) is 11.5. The number of carbonyl (C=O) groups is 2. The molecule has 0 spiro atoms. The normalized spacial score (nSPS) is 21.9. The molecule has 130 valence electrons. The maximum atomic E-state index is 12.7. The second kappa shape index (κ2) is 6.93. The lowest BCUT2D eigenvalue weighted by Crippen LogP contribution is -2.43. The Balaban J connectivity index is 1.67. The van der Waals surface area contributed by atoms with Crippen LogP contribution < -0.4 is 10.2 Å². The number of nitrogens with zero attached hydrogens (tertiary/aromatic N) is 1. The van der Waals surface area contributed by atoms with Gasteiger partial charge >= 0.3 is 0 Å². The fourth-order valence-corrected chi connectivity index (χ4v) is 3.63. The van der Waals surface area contributed by atoms with E-state index in [2.05, 4.69) is 11.4 Å². The van der Waals surface area contributed by atoms with Gasteiger partial charge in [-0.05, 0) is 68.7 Å². The van der Waals surface area contributed by atoms with E-state index in [9.17, 15) is 9.59 Å². The van der Waals surface area contributed by atoms with Crippen molar-refractivity contribution in [1.29, 1.82) is 0 Å². The van der Waals surface area contributed by atoms with Gasteiger partial charge in [-0.25, -0.2) is 0 Å². The van der Waals surface area contributed by atoms with E-state index in [-0.39, 0.29) is 24.5 Å². The number of hydrogen-bond donors (Lipinski definition) is 2. The molecule has 1 saturated heterocycles. The van der Waals surface area contributed by atoms with Gasteiger partial charge in [-0.3, -0.25) is 9.59 Å². The molecule has 3 rings (SSSR count). The van der Waals surface area contributed by atoms with Crippen molar-refractivity contribution in [3.8, 4) is 0 Å². The molecule has 5 heteroatoms. The molecule has 2 fully saturated rings. The highest BCUT2D eigenvalue weighted by Crippen LogP contribution is 2.34. The highest BCUT2D eigenvalue weighted by molar-refractivity contribution is 6.09. The molecule has 1 aliphatic heterocycles. The van der Waals surface area contributed by atoms with Crippen molar-refractivity contribution in [3.63, 3.8) is 0 Å². The van der Waals surface area contributed by atoms with E-state index in [4.69, 9.17) is 5.11 Å². The quantitative estimate of drug-likeness (QED) is 0.783. The van der Waals surface area contributed by atoms with Gasteiger partial charge in [0.25, 0.3) is 0 Å². The summed E-state index contributed by atoms with van der Waals surface area (Å²) in [6, 6.07) is 6.06. The molecule has 0 radical (unpaired) electrons. The predicted octanol–water partition coefficient (Wildman–Crippen LogP) is 1.93. The van der Waals surface area contributed by atoms with Crippen LogP contribution in [-0.2, 0) is 9.59 Å². The van der Waals surface area contributed by atoms with Crippen LogP contribution in [0.2, 0.25) is 0 Å². The third-order valence-electron chi connectivity index (χ3n) is 5.00. The lowest BCUT2D eigenvalue weighted by molar-refractivity contribution is -0.132. The van der Waals surface area contributed by atoms with E-state index >= 15 is 0 Å². The summed E-state index contributed by atoms with van der Waals surface area (Å²) in [6.45, 7) is 4.66. The molecule has 2 atom stereocenters. The standard InChI is InChI=1S/C19H26N2O3/c1-12-9-13(2)11-15(10-12)21-7-5-16(19(21)24)18(23)20-17(6-8-22)14-3-4-14/h9-11,14,16-17,22H,3-8H2,1-2H3,(H,20,23). The number of carbonyl (C=O) groups excluding carboxylic acids is 2. The molecule has 24 heavy (non-hydrogen) atoms. The number of aliphatic hydroxyl groups is 1. The van der Waals surface area contributed by atoms with Gasteiger partial charge in [0.05, 0.1) is 0 Å². The van der Waals surface area contributed by atoms with Crippen LogP contribution in [0.5, 0.6) is 0 Å². The average molecular weight is 330 g/mol. The highest BCUT2D eigenvalue weighted by Gasteiger charge is 2.40. The Kier molecular flexibility index (Phi) is 4.90. The van der Waals surface area contributed by atoms with Gasteiger partial charge in [0.1, 0.15) is 5.92 Å². The highest BCUT2D eigenvalue weighted by atomic mass is 16.3. The molecule has 0 bridgehead atoms. The smallest absolute Gasteiger partial charge is 0.239 e. The molecule has 1 saturated carbocycles. The van der Waals surface area contributed by atoms with Crippen molar-refractivity contribution in [2.45, 2.75) is 45.6 Å². The number of aliphatic hydroxyl groups excluding tert-OH is 1. The third-order valence-corrected chi connectivity index (χ3v) is 5.00. The molecule has 0 aromatic heterocycles. The molecule has 5 nitrogen and oxygen atoms in total. The third kappa shape index (κ3) is 3.61. The number of nitrogens with one attached hydrogen (secondary N) is 1. The number of hydrogen-bond acceptors (Lipinski definition) is 3. The zero-order valence-corrected chi connectivity index (χ0v) is 14.4. The average Bonchev–Trinajstić information content (AvgIpc) is 3.28. The Morgan fingerprint density at radius 2 is 1.92 bits per heavy atom. The first-order valence-corrected chi connectivity index (χ1v) is 8.80. The predicted molar refractivity (Wildman–Crippen MR) is 92.7 cm³/mol. The lowest BCUT2D eigenvalue weighted by atomic mass is 10.0. The molecular weight excluding hydrogens is 304 g/mol. The number of anilines is 1. The van der Waals surface area contributed by atoms with Crippen LogP contribution in [0.25, 0.3) is 0 Å². The minimum atomic E-state index is -0.606. The van der Waals surface area contributed by atoms with Gasteiger partial charge in [0.2, 0.25) is 11.8 Å². The Labute approximate surface area is 143 Å². The van der Waals surface area contributed by atoms with Gasteiger partial charge < -0.3 is 15.3 Å². The van der Waals surface area contributed by atoms with E-state index in [1.54, 1.807) is 4.90 Å². The fraction of sp³-hybridized carbons (Fsp3) is 0.579. The largest absolute Gasteiger partial charge is 0.396 e. The minimum absolute atomic E-state index is 0.00515. The van der Waals surface area contributed by atoms with Crippen LogP contribution in [0.15, 0.2) is 18.2 Å². The maximum absolute atomic E-state index is 12.7. The van der Waals surface area contributed by atoms with Gasteiger partial charge in [0.15, 0.2) is 0 Å². The van der Waals surface area contributed by atoms with E-state index in [1.807, 2.05) is 26.0 Å². The summed E-state index contributed by atoms with van der Waals surface area (Å²) in [7, 11) is 0. The van der Waals surface area contributed by atoms with Crippen molar-refractivity contribution >= 4 is 17.5 Å². The molecule has 1 heterocycles. The fourth-order valence-electron chi connectivity index (χ4n) is 3.63. The topological polar surface area (TPSA) is 69.6 Å². The summed E-state index contributed by atoms with van der Waals surface area (Å²) in [5.74, 6) is -0.438. The summed E-state index contributed by atoms with van der Waals surface area (Å²) in [4.78, 5) is 27.0. The molecule has 2 aliphatic rings. The van der Waals surface area contributed by atoms with Crippen LogP contribution in [0.4, 0.5) is 5.69 Å². The summed E-state index contributed by atoms with van der Waals surface area (Å²) in [5, 5.41) is 12.2. The van der Waals surface area contributed by atoms with Gasteiger partial charge in [-0.15, -0.1) is 0 Å². The summed E-state index contributed by atoms with van der Waals surface area (Å²) in [6.07, 6.45) is 3.31. The van der Waals surface area contributed by atoms with Crippen LogP contribution in [0.1, 0.15) is 36.8 Å². The lowest BCUT2D eigenvalue weighted by Gasteiger charge is -2.20. The number of rotatable bonds is 6. The van der Waals surface area contributed by atoms with E-state index < -0.39 is 5.92 Å². The number of benzene rings is 1. The van der Waals surface area contributed by atoms with E-state index in [1.165, 1.54) is 0 Å². The molecular formula is C19H26N2O3. The molecule has 1 aromatic rings. The second-order valence-corrected chi connectivity index (χ2v) is 7.14. The first-order valence-electron chi connectivity index (χ1n) is 8.80. The molecule has 2 amide bonds. The van der Waals surface area contributed by atoms with Crippen LogP contribution in [-0.4, -0.2) is 36.1 Å². The van der Waals surface area contributed by atoms with Crippen LogP contribution >= 0.6 is 0 Å². The summed E-state index contributed by atoms with van der Waals surface area (Å²) >= 11 is 0.